The molecule has 1 atom stereocenters. The molecule has 1 aromatic rings. The zero-order chi connectivity index (χ0) is 14.9. The predicted molar refractivity (Wildman–Crippen MR) is 74.5 cm³/mol. The van der Waals surface area contributed by atoms with Crippen molar-refractivity contribution in [3.8, 4) is 5.75 Å². The van der Waals surface area contributed by atoms with E-state index in [0.29, 0.717) is 11.4 Å². The molecule has 2 rings (SSSR count). The molecule has 0 N–H and O–H groups in total. The third-order valence-corrected chi connectivity index (χ3v) is 3.67. The molecule has 0 radical (unpaired) electrons. The van der Waals surface area contributed by atoms with Crippen LogP contribution in [-0.2, 0) is 9.59 Å². The first-order valence-corrected chi connectivity index (χ1v) is 6.57. The summed E-state index contributed by atoms with van der Waals surface area (Å²) in [5, 5.41) is -1.19. The highest BCUT2D eigenvalue weighted by Crippen LogP contribution is 2.34. The number of anilines is 1. The molecule has 0 spiro atoms. The minimum atomic E-state index is -0.634. The van der Waals surface area contributed by atoms with Crippen molar-refractivity contribution in [3.05, 3.63) is 23.8 Å². The molecule has 0 unspecified atom stereocenters. The molecule has 1 heterocycles. The summed E-state index contributed by atoms with van der Waals surface area (Å²) in [6, 6.07) is 4.52. The number of hydrogen-bond acceptors (Lipinski definition) is 4. The molecule has 5 nitrogen and oxygen atoms in total. The molecule has 1 amide bonds. The number of benzene rings is 1. The molecule has 1 aliphatic rings. The number of rotatable bonds is 4. The van der Waals surface area contributed by atoms with Crippen LogP contribution < -0.4 is 9.64 Å². The largest absolute Gasteiger partial charge is 0.495 e. The van der Waals surface area contributed by atoms with Crippen molar-refractivity contribution in [2.75, 3.05) is 18.6 Å². The van der Waals surface area contributed by atoms with Gasteiger partial charge in [-0.1, -0.05) is 0 Å². The second-order valence-corrected chi connectivity index (χ2v) is 5.09. The second-order valence-electron chi connectivity index (χ2n) is 4.37. The van der Waals surface area contributed by atoms with E-state index in [1.165, 1.54) is 24.1 Å². The lowest BCUT2D eigenvalue weighted by Crippen LogP contribution is -2.26. The van der Waals surface area contributed by atoms with Crippen LogP contribution in [-0.4, -0.2) is 30.0 Å². The van der Waals surface area contributed by atoms with Crippen molar-refractivity contribution in [1.29, 1.82) is 0 Å². The molecule has 0 aliphatic carbocycles. The van der Waals surface area contributed by atoms with Crippen LogP contribution in [0.15, 0.2) is 18.2 Å². The van der Waals surface area contributed by atoms with E-state index >= 15 is 0 Å². The number of hydrogen-bond donors (Lipinski definition) is 0. The van der Waals surface area contributed by atoms with E-state index in [1.54, 1.807) is 6.07 Å². The van der Waals surface area contributed by atoms with Gasteiger partial charge in [0.05, 0.1) is 18.7 Å². The van der Waals surface area contributed by atoms with Gasteiger partial charge in [0, 0.05) is 18.5 Å². The Morgan fingerprint density at radius 1 is 1.35 bits per heavy atom. The number of amides is 1. The lowest BCUT2D eigenvalue weighted by molar-refractivity contribution is -0.120. The lowest BCUT2D eigenvalue weighted by Gasteiger charge is -2.19. The van der Waals surface area contributed by atoms with E-state index in [-0.39, 0.29) is 24.4 Å². The summed E-state index contributed by atoms with van der Waals surface area (Å²) in [6.45, 7) is 0.164. The van der Waals surface area contributed by atoms with Crippen LogP contribution in [0.1, 0.15) is 16.8 Å². The minimum Gasteiger partial charge on any atom is -0.495 e. The van der Waals surface area contributed by atoms with E-state index in [9.17, 15) is 14.4 Å². The quantitative estimate of drug-likeness (QED) is 0.799. The Morgan fingerprint density at radius 3 is 2.55 bits per heavy atom. The molecule has 1 fully saturated rings. The van der Waals surface area contributed by atoms with Crippen molar-refractivity contribution >= 4 is 45.3 Å². The van der Waals surface area contributed by atoms with Gasteiger partial charge in [0.2, 0.25) is 11.1 Å². The summed E-state index contributed by atoms with van der Waals surface area (Å²) in [6.07, 6.45) is 0.0462. The monoisotopic (exact) mass is 315 g/mol. The molecule has 0 saturated carbocycles. The maximum atomic E-state index is 12.0. The van der Waals surface area contributed by atoms with Crippen LogP contribution in [0.5, 0.6) is 5.75 Å². The maximum Gasteiger partial charge on any atom is 0.252 e. The first kappa shape index (κ1) is 14.8. The maximum absolute atomic E-state index is 12.0. The Hall–Kier alpha value is -1.59. The smallest absolute Gasteiger partial charge is 0.252 e. The summed E-state index contributed by atoms with van der Waals surface area (Å²) >= 11 is 10.9. The number of methoxy groups -OCH3 is 1. The van der Waals surface area contributed by atoms with E-state index in [4.69, 9.17) is 27.9 Å². The summed E-state index contributed by atoms with van der Waals surface area (Å²) < 4.78 is 5.17. The number of nitrogens with zero attached hydrogens (tertiary/aromatic N) is 1. The first-order chi connectivity index (χ1) is 9.43. The SMILES string of the molecule is COc1ccc(C(=O)Cl)cc1N1C[C@@H](C(=O)Cl)CC1=O. The number of ether oxygens (including phenoxy) is 1. The van der Waals surface area contributed by atoms with Crippen molar-refractivity contribution in [3.63, 3.8) is 0 Å². The molecule has 7 heteroatoms. The van der Waals surface area contributed by atoms with Gasteiger partial charge in [0.25, 0.3) is 5.24 Å². The fourth-order valence-corrected chi connectivity index (χ4v) is 2.38. The standard InChI is InChI=1S/C13H11Cl2NO4/c1-20-10-3-2-7(12(14)18)4-9(10)16-6-8(13(15)19)5-11(16)17/h2-4,8H,5-6H2,1H3/t8-/m0/s1. The second kappa shape index (κ2) is 5.81. The molecule has 1 aliphatic heterocycles. The third kappa shape index (κ3) is 2.78. The predicted octanol–water partition coefficient (Wildman–Crippen LogP) is 2.19. The summed E-state index contributed by atoms with van der Waals surface area (Å²) in [5.41, 5.74) is 0.653. The molecule has 0 aromatic heterocycles. The van der Waals surface area contributed by atoms with Gasteiger partial charge in [-0.3, -0.25) is 14.4 Å². The van der Waals surface area contributed by atoms with Crippen LogP contribution in [0.4, 0.5) is 5.69 Å². The van der Waals surface area contributed by atoms with Gasteiger partial charge in [-0.25, -0.2) is 0 Å². The average molecular weight is 316 g/mol. The molecule has 1 saturated heterocycles. The molecular formula is C13H11Cl2NO4. The van der Waals surface area contributed by atoms with Crippen LogP contribution >= 0.6 is 23.2 Å². The highest BCUT2D eigenvalue weighted by Gasteiger charge is 2.35. The number of halogens is 2. The Kier molecular flexibility index (Phi) is 4.30. The zero-order valence-electron chi connectivity index (χ0n) is 10.6. The van der Waals surface area contributed by atoms with Crippen LogP contribution in [0.3, 0.4) is 0 Å². The van der Waals surface area contributed by atoms with E-state index in [2.05, 4.69) is 0 Å². The van der Waals surface area contributed by atoms with Gasteiger partial charge in [-0.2, -0.15) is 0 Å². The van der Waals surface area contributed by atoms with E-state index in [1.807, 2.05) is 0 Å². The number of carbonyl (C=O) groups is 3. The lowest BCUT2D eigenvalue weighted by atomic mass is 10.1. The van der Waals surface area contributed by atoms with E-state index in [0.717, 1.165) is 0 Å². The van der Waals surface area contributed by atoms with Gasteiger partial charge in [-0.15, -0.1) is 0 Å². The Bertz CT molecular complexity index is 588. The minimum absolute atomic E-state index is 0.0462. The van der Waals surface area contributed by atoms with E-state index < -0.39 is 16.4 Å². The fourth-order valence-electron chi connectivity index (χ4n) is 2.12. The van der Waals surface area contributed by atoms with Crippen LogP contribution in [0, 0.1) is 5.92 Å². The number of carbonyl (C=O) groups excluding carboxylic acids is 3. The topological polar surface area (TPSA) is 63.7 Å². The van der Waals surface area contributed by atoms with Crippen LogP contribution in [0.25, 0.3) is 0 Å². The molecule has 0 bridgehead atoms. The van der Waals surface area contributed by atoms with Crippen LogP contribution in [0.2, 0.25) is 0 Å². The van der Waals surface area contributed by atoms with Gasteiger partial charge in [0.1, 0.15) is 5.75 Å². The molecular weight excluding hydrogens is 305 g/mol. The third-order valence-electron chi connectivity index (χ3n) is 3.14. The highest BCUT2D eigenvalue weighted by atomic mass is 35.5. The Labute approximate surface area is 125 Å². The van der Waals surface area contributed by atoms with Gasteiger partial charge >= 0.3 is 0 Å². The Morgan fingerprint density at radius 2 is 2.05 bits per heavy atom. The highest BCUT2D eigenvalue weighted by molar-refractivity contribution is 6.67. The molecule has 106 valence electrons. The molecule has 1 aromatic carbocycles. The van der Waals surface area contributed by atoms with Gasteiger partial charge < -0.3 is 9.64 Å². The van der Waals surface area contributed by atoms with Gasteiger partial charge in [0.15, 0.2) is 0 Å². The normalized spacial score (nSPS) is 18.2. The first-order valence-electron chi connectivity index (χ1n) is 5.81. The van der Waals surface area contributed by atoms with Crippen molar-refractivity contribution in [2.45, 2.75) is 6.42 Å². The van der Waals surface area contributed by atoms with Crippen molar-refractivity contribution in [1.82, 2.24) is 0 Å². The zero-order valence-corrected chi connectivity index (χ0v) is 12.1. The Balaban J connectivity index is 2.40. The fraction of sp³-hybridized carbons (Fsp3) is 0.308. The summed E-state index contributed by atoms with van der Waals surface area (Å²) in [4.78, 5) is 35.8. The summed E-state index contributed by atoms with van der Waals surface area (Å²) in [5.74, 6) is -0.381. The summed E-state index contributed by atoms with van der Waals surface area (Å²) in [7, 11) is 1.45. The van der Waals surface area contributed by atoms with Crippen molar-refractivity contribution < 1.29 is 19.1 Å². The average Bonchev–Trinajstić information content (AvgIpc) is 2.80. The van der Waals surface area contributed by atoms with Gasteiger partial charge in [-0.05, 0) is 41.4 Å². The van der Waals surface area contributed by atoms with Crippen molar-refractivity contribution in [2.24, 2.45) is 5.92 Å². The molecule has 20 heavy (non-hydrogen) atoms.